The van der Waals surface area contributed by atoms with Gasteiger partial charge in [-0.05, 0) is 42.0 Å². The molecule has 128 valence electrons. The number of amidine groups is 1. The number of nitrogens with zero attached hydrogens (tertiary/aromatic N) is 2. The van der Waals surface area contributed by atoms with Gasteiger partial charge in [0.05, 0.1) is 21.8 Å². The Morgan fingerprint density at radius 2 is 1.64 bits per heavy atom. The smallest absolute Gasteiger partial charge is 0.236 e. The summed E-state index contributed by atoms with van der Waals surface area (Å²) >= 11 is 7.06. The molecule has 1 amide bonds. The van der Waals surface area contributed by atoms with Gasteiger partial charge in [0.1, 0.15) is 0 Å². The van der Waals surface area contributed by atoms with E-state index in [0.717, 1.165) is 0 Å². The molecule has 1 aliphatic rings. The number of carbonyl (C=O) groups excluding carboxylic acids is 1. The molecule has 0 aliphatic carbocycles. The maximum absolute atomic E-state index is 12.5. The minimum Gasteiger partial charge on any atom is -0.303 e. The maximum atomic E-state index is 12.5. The van der Waals surface area contributed by atoms with Crippen molar-refractivity contribution in [2.24, 2.45) is 10.2 Å². The highest BCUT2D eigenvalue weighted by Gasteiger charge is 2.17. The van der Waals surface area contributed by atoms with Crippen LogP contribution in [0.15, 0.2) is 68.5 Å². The van der Waals surface area contributed by atoms with Gasteiger partial charge in [-0.15, -0.1) is 5.10 Å². The van der Waals surface area contributed by atoms with Crippen molar-refractivity contribution < 1.29 is 13.2 Å². The van der Waals surface area contributed by atoms with Crippen molar-refractivity contribution in [1.82, 2.24) is 5.32 Å². The molecule has 0 atom stereocenters. The van der Waals surface area contributed by atoms with Crippen molar-refractivity contribution >= 4 is 50.5 Å². The summed E-state index contributed by atoms with van der Waals surface area (Å²) in [6.45, 7) is 0. The number of halogens is 1. The van der Waals surface area contributed by atoms with E-state index in [-0.39, 0.29) is 15.7 Å². The number of benzene rings is 2. The normalized spacial score (nSPS) is 16.5. The molecule has 3 rings (SSSR count). The van der Waals surface area contributed by atoms with E-state index in [2.05, 4.69) is 15.5 Å². The van der Waals surface area contributed by atoms with Crippen LogP contribution >= 0.6 is 23.4 Å². The molecule has 1 heterocycles. The first-order chi connectivity index (χ1) is 11.9. The Labute approximate surface area is 153 Å². The third-order valence-electron chi connectivity index (χ3n) is 3.26. The van der Waals surface area contributed by atoms with Crippen LogP contribution in [0.25, 0.3) is 0 Å². The van der Waals surface area contributed by atoms with Gasteiger partial charge in [0.15, 0.2) is 5.17 Å². The van der Waals surface area contributed by atoms with Crippen LogP contribution in [0.5, 0.6) is 0 Å². The van der Waals surface area contributed by atoms with Gasteiger partial charge < -0.3 is 5.32 Å². The number of hydrogen-bond donors (Lipinski definition) is 1. The van der Waals surface area contributed by atoms with E-state index in [1.807, 2.05) is 0 Å². The minimum absolute atomic E-state index is 0.101. The van der Waals surface area contributed by atoms with Crippen LogP contribution in [0.3, 0.4) is 0 Å². The summed E-state index contributed by atoms with van der Waals surface area (Å²) in [5.74, 6) is 0.238. The Balaban J connectivity index is 1.75. The van der Waals surface area contributed by atoms with E-state index in [1.54, 1.807) is 12.1 Å². The monoisotopic (exact) mass is 393 g/mol. The second-order valence-electron chi connectivity index (χ2n) is 5.01. The zero-order chi connectivity index (χ0) is 17.9. The molecule has 0 spiro atoms. The topological polar surface area (TPSA) is 88.0 Å². The standard InChI is InChI=1S/C16H12ClN3O3S2/c17-12-3-7-14(8-4-12)25(22,23)13-5-1-11(2-6-13)9-18-20-16-19-15(21)10-24-16/h1-9H,10H2,(H,19,20,21). The second kappa shape index (κ2) is 7.38. The van der Waals surface area contributed by atoms with E-state index >= 15 is 0 Å². The molecule has 0 saturated carbocycles. The second-order valence-corrected chi connectivity index (χ2v) is 8.36. The summed E-state index contributed by atoms with van der Waals surface area (Å²) in [6.07, 6.45) is 1.48. The van der Waals surface area contributed by atoms with Crippen molar-refractivity contribution in [3.63, 3.8) is 0 Å². The molecular weight excluding hydrogens is 382 g/mol. The van der Waals surface area contributed by atoms with Crippen molar-refractivity contribution in [3.05, 3.63) is 59.1 Å². The first kappa shape index (κ1) is 17.7. The van der Waals surface area contributed by atoms with Crippen LogP contribution in [-0.4, -0.2) is 31.5 Å². The zero-order valence-electron chi connectivity index (χ0n) is 12.7. The molecule has 1 saturated heterocycles. The summed E-state index contributed by atoms with van der Waals surface area (Å²) < 4.78 is 25.1. The van der Waals surface area contributed by atoms with Crippen LogP contribution in [0.2, 0.25) is 5.02 Å². The maximum Gasteiger partial charge on any atom is 0.236 e. The number of amides is 1. The fourth-order valence-electron chi connectivity index (χ4n) is 2.01. The molecule has 1 aliphatic heterocycles. The molecule has 25 heavy (non-hydrogen) atoms. The minimum atomic E-state index is -3.59. The third-order valence-corrected chi connectivity index (χ3v) is 6.16. The fraction of sp³-hybridized carbons (Fsp3) is 0.0625. The first-order valence-corrected chi connectivity index (χ1v) is 9.94. The Morgan fingerprint density at radius 3 is 2.20 bits per heavy atom. The summed E-state index contributed by atoms with van der Waals surface area (Å²) in [4.78, 5) is 11.4. The van der Waals surface area contributed by atoms with Gasteiger partial charge in [0.25, 0.3) is 0 Å². The number of carbonyl (C=O) groups is 1. The van der Waals surface area contributed by atoms with Gasteiger partial charge >= 0.3 is 0 Å². The molecule has 2 aromatic carbocycles. The van der Waals surface area contributed by atoms with Gasteiger partial charge in [0.2, 0.25) is 15.7 Å². The van der Waals surface area contributed by atoms with Crippen LogP contribution < -0.4 is 5.32 Å². The lowest BCUT2D eigenvalue weighted by atomic mass is 10.2. The van der Waals surface area contributed by atoms with E-state index in [9.17, 15) is 13.2 Å². The number of sulfone groups is 1. The Hall–Kier alpha value is -2.16. The van der Waals surface area contributed by atoms with E-state index in [1.165, 1.54) is 54.4 Å². The first-order valence-electron chi connectivity index (χ1n) is 7.09. The van der Waals surface area contributed by atoms with Gasteiger partial charge in [-0.25, -0.2) is 8.42 Å². The van der Waals surface area contributed by atoms with Crippen molar-refractivity contribution in [3.8, 4) is 0 Å². The molecule has 2 aromatic rings. The molecule has 1 fully saturated rings. The zero-order valence-corrected chi connectivity index (χ0v) is 15.1. The molecule has 6 nitrogen and oxygen atoms in total. The average molecular weight is 394 g/mol. The van der Waals surface area contributed by atoms with Crippen molar-refractivity contribution in [1.29, 1.82) is 0 Å². The van der Waals surface area contributed by atoms with Gasteiger partial charge in [0, 0.05) is 5.02 Å². The molecule has 0 aromatic heterocycles. The van der Waals surface area contributed by atoms with E-state index in [4.69, 9.17) is 11.6 Å². The number of nitrogens with one attached hydrogen (secondary N) is 1. The largest absolute Gasteiger partial charge is 0.303 e. The quantitative estimate of drug-likeness (QED) is 0.639. The highest BCUT2D eigenvalue weighted by Crippen LogP contribution is 2.22. The Bertz CT molecular complexity index is 953. The van der Waals surface area contributed by atoms with Crippen molar-refractivity contribution in [2.45, 2.75) is 9.79 Å². The summed E-state index contributed by atoms with van der Waals surface area (Å²) in [5, 5.41) is 11.2. The molecule has 9 heteroatoms. The van der Waals surface area contributed by atoms with Crippen LogP contribution in [0.4, 0.5) is 0 Å². The summed E-state index contributed by atoms with van der Waals surface area (Å²) in [5.41, 5.74) is 0.689. The molecular formula is C16H12ClN3O3S2. The molecule has 1 N–H and O–H groups in total. The van der Waals surface area contributed by atoms with Crippen LogP contribution in [0.1, 0.15) is 5.56 Å². The SMILES string of the molecule is O=C1CSC(=NN=Cc2ccc(S(=O)(=O)c3ccc(Cl)cc3)cc2)N1. The van der Waals surface area contributed by atoms with Crippen molar-refractivity contribution in [2.75, 3.05) is 5.75 Å². The third kappa shape index (κ3) is 4.28. The van der Waals surface area contributed by atoms with Crippen LogP contribution in [-0.2, 0) is 14.6 Å². The van der Waals surface area contributed by atoms with Gasteiger partial charge in [-0.1, -0.05) is 35.5 Å². The summed E-state index contributed by atoms with van der Waals surface area (Å²) in [7, 11) is -3.59. The average Bonchev–Trinajstić information content (AvgIpc) is 3.01. The Morgan fingerprint density at radius 1 is 1.04 bits per heavy atom. The van der Waals surface area contributed by atoms with Crippen LogP contribution in [0, 0.1) is 0 Å². The predicted octanol–water partition coefficient (Wildman–Crippen LogP) is 2.73. The Kier molecular flexibility index (Phi) is 5.22. The number of rotatable bonds is 4. The van der Waals surface area contributed by atoms with Gasteiger partial charge in [-0.2, -0.15) is 5.10 Å². The fourth-order valence-corrected chi connectivity index (χ4v) is 4.03. The summed E-state index contributed by atoms with van der Waals surface area (Å²) in [6, 6.07) is 12.3. The molecule has 0 unspecified atom stereocenters. The predicted molar refractivity (Wildman–Crippen MR) is 99.0 cm³/mol. The molecule has 0 radical (unpaired) electrons. The highest BCUT2D eigenvalue weighted by molar-refractivity contribution is 8.15. The highest BCUT2D eigenvalue weighted by atomic mass is 35.5. The lowest BCUT2D eigenvalue weighted by Crippen LogP contribution is -2.19. The number of hydrogen-bond acceptors (Lipinski definition) is 6. The number of thioether (sulfide) groups is 1. The lowest BCUT2D eigenvalue weighted by molar-refractivity contribution is -0.116. The lowest BCUT2D eigenvalue weighted by Gasteiger charge is -2.05. The van der Waals surface area contributed by atoms with Gasteiger partial charge in [-0.3, -0.25) is 4.79 Å². The van der Waals surface area contributed by atoms with E-state index in [0.29, 0.717) is 21.5 Å². The molecule has 0 bridgehead atoms. The van der Waals surface area contributed by atoms with E-state index < -0.39 is 9.84 Å².